The molecular weight excluding hydrogens is 318 g/mol. The molecule has 0 aliphatic carbocycles. The lowest BCUT2D eigenvalue weighted by Gasteiger charge is -2.10. The summed E-state index contributed by atoms with van der Waals surface area (Å²) in [5, 5.41) is 6.69. The van der Waals surface area contributed by atoms with E-state index in [4.69, 9.17) is 9.26 Å². The average Bonchev–Trinajstić information content (AvgIpc) is 3.07. The predicted molar refractivity (Wildman–Crippen MR) is 92.8 cm³/mol. The van der Waals surface area contributed by atoms with Gasteiger partial charge in [0.2, 0.25) is 0 Å². The van der Waals surface area contributed by atoms with E-state index in [0.29, 0.717) is 30.4 Å². The number of methoxy groups -OCH3 is 1. The summed E-state index contributed by atoms with van der Waals surface area (Å²) >= 11 is 0. The Morgan fingerprint density at radius 2 is 1.84 bits per heavy atom. The first-order valence-corrected chi connectivity index (χ1v) is 7.92. The molecular formula is C19H19N3O3. The molecule has 3 aromatic rings. The van der Waals surface area contributed by atoms with Crippen LogP contribution in [0.15, 0.2) is 53.1 Å². The Kier molecular flexibility index (Phi) is 5.20. The lowest BCUT2D eigenvalue weighted by Crippen LogP contribution is -2.23. The molecule has 0 spiro atoms. The summed E-state index contributed by atoms with van der Waals surface area (Å²) in [5.41, 5.74) is 3.45. The van der Waals surface area contributed by atoms with Crippen LogP contribution in [0.2, 0.25) is 0 Å². The van der Waals surface area contributed by atoms with E-state index in [1.54, 1.807) is 38.3 Å². The highest BCUT2D eigenvalue weighted by Crippen LogP contribution is 2.17. The summed E-state index contributed by atoms with van der Waals surface area (Å²) in [6.07, 6.45) is 0. The number of aromatic nitrogens is 2. The van der Waals surface area contributed by atoms with Gasteiger partial charge >= 0.3 is 0 Å². The zero-order valence-electron chi connectivity index (χ0n) is 14.2. The molecule has 0 atom stereocenters. The van der Waals surface area contributed by atoms with E-state index < -0.39 is 0 Å². The quantitative estimate of drug-likeness (QED) is 0.748. The molecule has 1 aromatic heterocycles. The number of nitrogens with one attached hydrogen (secondary N) is 1. The molecule has 0 saturated carbocycles. The standard InChI is InChI=1S/C19H19N3O3/c1-13-21-19(25-22-13)15-9-7-14(8-10-15)18(23)20-11-16-5-3-4-6-17(16)12-24-2/h3-10H,11-12H2,1-2H3,(H,20,23). The van der Waals surface area contributed by atoms with Gasteiger partial charge in [-0.15, -0.1) is 0 Å². The van der Waals surface area contributed by atoms with Crippen LogP contribution in [0.4, 0.5) is 0 Å². The van der Waals surface area contributed by atoms with E-state index in [-0.39, 0.29) is 5.91 Å². The molecule has 6 heteroatoms. The number of carbonyl (C=O) groups is 1. The Morgan fingerprint density at radius 1 is 1.12 bits per heavy atom. The van der Waals surface area contributed by atoms with E-state index in [2.05, 4.69) is 15.5 Å². The molecule has 1 N–H and O–H groups in total. The largest absolute Gasteiger partial charge is 0.380 e. The van der Waals surface area contributed by atoms with Gasteiger partial charge in [0.25, 0.3) is 11.8 Å². The molecule has 0 bridgehead atoms. The fourth-order valence-corrected chi connectivity index (χ4v) is 2.48. The van der Waals surface area contributed by atoms with Gasteiger partial charge in [-0.05, 0) is 42.3 Å². The fourth-order valence-electron chi connectivity index (χ4n) is 2.48. The van der Waals surface area contributed by atoms with Crippen molar-refractivity contribution in [3.63, 3.8) is 0 Å². The van der Waals surface area contributed by atoms with Crippen LogP contribution in [0.1, 0.15) is 27.3 Å². The number of ether oxygens (including phenoxy) is 1. The van der Waals surface area contributed by atoms with Gasteiger partial charge in [0.1, 0.15) is 0 Å². The van der Waals surface area contributed by atoms with Crippen LogP contribution in [0.3, 0.4) is 0 Å². The van der Waals surface area contributed by atoms with E-state index in [1.807, 2.05) is 24.3 Å². The monoisotopic (exact) mass is 337 g/mol. The van der Waals surface area contributed by atoms with Crippen molar-refractivity contribution in [3.8, 4) is 11.5 Å². The molecule has 0 fully saturated rings. The van der Waals surface area contributed by atoms with Crippen LogP contribution in [-0.2, 0) is 17.9 Å². The number of amides is 1. The van der Waals surface area contributed by atoms with Gasteiger partial charge in [-0.1, -0.05) is 29.4 Å². The number of hydrogen-bond acceptors (Lipinski definition) is 5. The maximum atomic E-state index is 12.3. The fraction of sp³-hybridized carbons (Fsp3) is 0.211. The van der Waals surface area contributed by atoms with Crippen molar-refractivity contribution in [1.29, 1.82) is 0 Å². The van der Waals surface area contributed by atoms with Gasteiger partial charge in [0.05, 0.1) is 6.61 Å². The number of rotatable bonds is 6. The number of nitrogens with zero attached hydrogens (tertiary/aromatic N) is 2. The third-order valence-electron chi connectivity index (χ3n) is 3.78. The topological polar surface area (TPSA) is 77.2 Å². The first-order chi connectivity index (χ1) is 12.2. The van der Waals surface area contributed by atoms with Crippen molar-refractivity contribution in [2.45, 2.75) is 20.1 Å². The van der Waals surface area contributed by atoms with Gasteiger partial charge in [-0.25, -0.2) is 0 Å². The number of carbonyl (C=O) groups excluding carboxylic acids is 1. The normalized spacial score (nSPS) is 10.6. The van der Waals surface area contributed by atoms with Crippen LogP contribution >= 0.6 is 0 Å². The van der Waals surface area contributed by atoms with Crippen LogP contribution in [0, 0.1) is 6.92 Å². The summed E-state index contributed by atoms with van der Waals surface area (Å²) in [5.74, 6) is 0.880. The maximum Gasteiger partial charge on any atom is 0.257 e. The SMILES string of the molecule is COCc1ccccc1CNC(=O)c1ccc(-c2nc(C)no2)cc1. The minimum atomic E-state index is -0.138. The van der Waals surface area contributed by atoms with Crippen LogP contribution in [0.5, 0.6) is 0 Å². The minimum Gasteiger partial charge on any atom is -0.380 e. The Balaban J connectivity index is 1.66. The summed E-state index contributed by atoms with van der Waals surface area (Å²) in [6.45, 7) is 2.73. The first-order valence-electron chi connectivity index (χ1n) is 7.92. The molecule has 0 radical (unpaired) electrons. The molecule has 1 amide bonds. The zero-order valence-corrected chi connectivity index (χ0v) is 14.2. The van der Waals surface area contributed by atoms with Crippen LogP contribution < -0.4 is 5.32 Å². The Morgan fingerprint density at radius 3 is 2.48 bits per heavy atom. The molecule has 0 saturated heterocycles. The highest BCUT2D eigenvalue weighted by atomic mass is 16.5. The second kappa shape index (κ2) is 7.72. The maximum absolute atomic E-state index is 12.3. The van der Waals surface area contributed by atoms with Crippen molar-refractivity contribution in [1.82, 2.24) is 15.5 Å². The van der Waals surface area contributed by atoms with E-state index in [1.165, 1.54) is 0 Å². The van der Waals surface area contributed by atoms with E-state index in [0.717, 1.165) is 16.7 Å². The molecule has 3 rings (SSSR count). The highest BCUT2D eigenvalue weighted by molar-refractivity contribution is 5.94. The van der Waals surface area contributed by atoms with Gasteiger partial charge in [-0.3, -0.25) is 4.79 Å². The molecule has 0 aliphatic rings. The second-order valence-electron chi connectivity index (χ2n) is 5.61. The smallest absolute Gasteiger partial charge is 0.257 e. The molecule has 6 nitrogen and oxygen atoms in total. The summed E-state index contributed by atoms with van der Waals surface area (Å²) in [6, 6.07) is 14.9. The highest BCUT2D eigenvalue weighted by Gasteiger charge is 2.10. The van der Waals surface area contributed by atoms with Crippen molar-refractivity contribution in [3.05, 3.63) is 71.0 Å². The first kappa shape index (κ1) is 16.9. The predicted octanol–water partition coefficient (Wildman–Crippen LogP) is 3.12. The summed E-state index contributed by atoms with van der Waals surface area (Å²) < 4.78 is 10.3. The van der Waals surface area contributed by atoms with Crippen molar-refractivity contribution >= 4 is 5.91 Å². The summed E-state index contributed by atoms with van der Waals surface area (Å²) in [7, 11) is 1.65. The number of aryl methyl sites for hydroxylation is 1. The van der Waals surface area contributed by atoms with Crippen molar-refractivity contribution in [2.75, 3.05) is 7.11 Å². The number of hydrogen-bond donors (Lipinski definition) is 1. The Bertz CT molecular complexity index is 856. The van der Waals surface area contributed by atoms with Gasteiger partial charge in [-0.2, -0.15) is 4.98 Å². The van der Waals surface area contributed by atoms with Gasteiger partial charge < -0.3 is 14.6 Å². The van der Waals surface area contributed by atoms with Crippen molar-refractivity contribution < 1.29 is 14.1 Å². The zero-order chi connectivity index (χ0) is 17.6. The number of benzene rings is 2. The minimum absolute atomic E-state index is 0.138. The summed E-state index contributed by atoms with van der Waals surface area (Å²) in [4.78, 5) is 16.5. The van der Waals surface area contributed by atoms with Crippen LogP contribution in [-0.4, -0.2) is 23.2 Å². The second-order valence-corrected chi connectivity index (χ2v) is 5.61. The van der Waals surface area contributed by atoms with Crippen molar-refractivity contribution in [2.24, 2.45) is 0 Å². The van der Waals surface area contributed by atoms with Gasteiger partial charge in [0.15, 0.2) is 5.82 Å². The molecule has 0 aliphatic heterocycles. The Hall–Kier alpha value is -2.99. The lowest BCUT2D eigenvalue weighted by atomic mass is 10.1. The van der Waals surface area contributed by atoms with Gasteiger partial charge in [0, 0.05) is 24.8 Å². The van der Waals surface area contributed by atoms with Crippen LogP contribution in [0.25, 0.3) is 11.5 Å². The van der Waals surface area contributed by atoms with E-state index in [9.17, 15) is 4.79 Å². The molecule has 0 unspecified atom stereocenters. The Labute approximate surface area is 145 Å². The molecule has 128 valence electrons. The average molecular weight is 337 g/mol. The molecule has 25 heavy (non-hydrogen) atoms. The lowest BCUT2D eigenvalue weighted by molar-refractivity contribution is 0.0950. The van der Waals surface area contributed by atoms with E-state index >= 15 is 0 Å². The third-order valence-corrected chi connectivity index (χ3v) is 3.78. The molecule has 1 heterocycles. The third kappa shape index (κ3) is 4.10. The molecule has 2 aromatic carbocycles.